The van der Waals surface area contributed by atoms with Gasteiger partial charge in [-0.25, -0.2) is 0 Å². The second kappa shape index (κ2) is 7.72. The summed E-state index contributed by atoms with van der Waals surface area (Å²) in [6.45, 7) is 1.44. The molecule has 13 heteroatoms. The molecule has 7 nitrogen and oxygen atoms in total. The van der Waals surface area contributed by atoms with Gasteiger partial charge in [0, 0.05) is 18.0 Å². The maximum atomic E-state index is 12.8. The molecule has 0 aliphatic carbocycles. The number of aromatic nitrogens is 4. The van der Waals surface area contributed by atoms with E-state index in [9.17, 15) is 31.1 Å². The number of pyridine rings is 2. The van der Waals surface area contributed by atoms with Gasteiger partial charge in [0.25, 0.3) is 5.91 Å². The molecule has 1 amide bonds. The van der Waals surface area contributed by atoms with Gasteiger partial charge in [-0.2, -0.15) is 31.3 Å². The van der Waals surface area contributed by atoms with Crippen LogP contribution in [0.3, 0.4) is 0 Å². The second-order valence-corrected chi connectivity index (χ2v) is 6.01. The molecule has 0 bridgehead atoms. The number of carbonyl (C=O) groups excluding carboxylic acids is 1. The van der Waals surface area contributed by atoms with Crippen molar-refractivity contribution in [2.75, 3.05) is 0 Å². The first-order chi connectivity index (χ1) is 13.9. The Kier molecular flexibility index (Phi) is 5.46. The van der Waals surface area contributed by atoms with Crippen LogP contribution in [0.25, 0.3) is 11.4 Å². The highest BCUT2D eigenvalue weighted by molar-refractivity contribution is 5.92. The quantitative estimate of drug-likeness (QED) is 0.627. The Balaban J connectivity index is 1.72. The summed E-state index contributed by atoms with van der Waals surface area (Å²) in [5.41, 5.74) is -2.43. The van der Waals surface area contributed by atoms with E-state index in [1.54, 1.807) is 0 Å². The number of nitrogens with zero attached hydrogens (tertiary/aromatic N) is 4. The highest BCUT2D eigenvalue weighted by atomic mass is 19.4. The molecule has 1 atom stereocenters. The van der Waals surface area contributed by atoms with Gasteiger partial charge < -0.3 is 9.84 Å². The molecule has 3 rings (SSSR count). The van der Waals surface area contributed by atoms with Crippen LogP contribution in [0.1, 0.15) is 40.6 Å². The topological polar surface area (TPSA) is 93.8 Å². The van der Waals surface area contributed by atoms with Gasteiger partial charge in [-0.3, -0.25) is 14.8 Å². The molecule has 0 radical (unpaired) electrons. The molecule has 3 heterocycles. The Bertz CT molecular complexity index is 1050. The average Bonchev–Trinajstić information content (AvgIpc) is 3.17. The van der Waals surface area contributed by atoms with Crippen molar-refractivity contribution in [2.45, 2.75) is 25.3 Å². The predicted octanol–water partition coefficient (Wildman–Crippen LogP) is 4.06. The second-order valence-electron chi connectivity index (χ2n) is 6.01. The fourth-order valence-corrected chi connectivity index (χ4v) is 2.28. The molecule has 0 saturated carbocycles. The third-order valence-electron chi connectivity index (χ3n) is 3.79. The van der Waals surface area contributed by atoms with E-state index in [2.05, 4.69) is 25.4 Å². The molecule has 0 aliphatic rings. The molecule has 0 spiro atoms. The minimum Gasteiger partial charge on any atom is -0.339 e. The van der Waals surface area contributed by atoms with Crippen molar-refractivity contribution in [3.05, 3.63) is 59.5 Å². The van der Waals surface area contributed by atoms with Gasteiger partial charge in [0.1, 0.15) is 17.4 Å². The van der Waals surface area contributed by atoms with E-state index in [-0.39, 0.29) is 23.0 Å². The lowest BCUT2D eigenvalue weighted by molar-refractivity contribution is -0.141. The van der Waals surface area contributed by atoms with Crippen LogP contribution < -0.4 is 5.32 Å². The van der Waals surface area contributed by atoms with Gasteiger partial charge in [-0.05, 0) is 31.2 Å². The fraction of sp³-hybridized carbons (Fsp3) is 0.235. The first-order valence-corrected chi connectivity index (χ1v) is 8.16. The highest BCUT2D eigenvalue weighted by Crippen LogP contribution is 2.30. The summed E-state index contributed by atoms with van der Waals surface area (Å²) in [6, 6.07) is 2.70. The molecular formula is C17H11F6N5O2. The minimum absolute atomic E-state index is 0.00439. The van der Waals surface area contributed by atoms with Gasteiger partial charge in [-0.15, -0.1) is 0 Å². The van der Waals surface area contributed by atoms with Crippen molar-refractivity contribution in [1.82, 2.24) is 25.4 Å². The monoisotopic (exact) mass is 431 g/mol. The Morgan fingerprint density at radius 3 is 2.40 bits per heavy atom. The zero-order chi connectivity index (χ0) is 22.1. The SMILES string of the molecule is CC(NC(=O)c1ccc(C(F)(F)F)cn1)c1nc(-c2ccnc(C(F)(F)F)c2)no1. The van der Waals surface area contributed by atoms with E-state index in [4.69, 9.17) is 4.52 Å². The number of hydrogen-bond donors (Lipinski definition) is 1. The smallest absolute Gasteiger partial charge is 0.339 e. The summed E-state index contributed by atoms with van der Waals surface area (Å²) in [5, 5.41) is 5.98. The molecule has 158 valence electrons. The van der Waals surface area contributed by atoms with E-state index in [0.717, 1.165) is 18.3 Å². The lowest BCUT2D eigenvalue weighted by Gasteiger charge is -2.10. The van der Waals surface area contributed by atoms with Gasteiger partial charge in [0.15, 0.2) is 0 Å². The average molecular weight is 431 g/mol. The van der Waals surface area contributed by atoms with Crippen molar-refractivity contribution in [3.63, 3.8) is 0 Å². The van der Waals surface area contributed by atoms with E-state index >= 15 is 0 Å². The number of rotatable bonds is 4. The summed E-state index contributed by atoms with van der Waals surface area (Å²) in [5.74, 6) is -1.10. The fourth-order valence-electron chi connectivity index (χ4n) is 2.28. The van der Waals surface area contributed by atoms with E-state index in [1.807, 2.05) is 0 Å². The van der Waals surface area contributed by atoms with Crippen LogP contribution in [-0.4, -0.2) is 26.0 Å². The molecule has 30 heavy (non-hydrogen) atoms. The molecule has 1 unspecified atom stereocenters. The highest BCUT2D eigenvalue weighted by Gasteiger charge is 2.33. The van der Waals surface area contributed by atoms with Crippen LogP contribution in [0, 0.1) is 0 Å². The third-order valence-corrected chi connectivity index (χ3v) is 3.79. The molecule has 0 aromatic carbocycles. The summed E-state index contributed by atoms with van der Waals surface area (Å²) in [6.07, 6.45) is -7.78. The van der Waals surface area contributed by atoms with Crippen LogP contribution in [-0.2, 0) is 12.4 Å². The number of amides is 1. The number of alkyl halides is 6. The molecule has 1 N–H and O–H groups in total. The Morgan fingerprint density at radius 1 is 1.07 bits per heavy atom. The van der Waals surface area contributed by atoms with Crippen LogP contribution in [0.5, 0.6) is 0 Å². The van der Waals surface area contributed by atoms with Gasteiger partial charge in [0.05, 0.1) is 5.56 Å². The van der Waals surface area contributed by atoms with Crippen molar-refractivity contribution >= 4 is 5.91 Å². The maximum Gasteiger partial charge on any atom is 0.433 e. The van der Waals surface area contributed by atoms with Crippen molar-refractivity contribution in [2.24, 2.45) is 0 Å². The molecular weight excluding hydrogens is 420 g/mol. The van der Waals surface area contributed by atoms with E-state index in [1.165, 1.54) is 13.0 Å². The molecule has 0 saturated heterocycles. The van der Waals surface area contributed by atoms with Crippen molar-refractivity contribution < 1.29 is 35.7 Å². The molecule has 0 fully saturated rings. The lowest BCUT2D eigenvalue weighted by atomic mass is 10.2. The van der Waals surface area contributed by atoms with Gasteiger partial charge >= 0.3 is 12.4 Å². The van der Waals surface area contributed by atoms with Crippen LogP contribution in [0.4, 0.5) is 26.3 Å². The third kappa shape index (κ3) is 4.72. The van der Waals surface area contributed by atoms with E-state index in [0.29, 0.717) is 12.3 Å². The largest absolute Gasteiger partial charge is 0.433 e. The molecule has 0 aliphatic heterocycles. The number of hydrogen-bond acceptors (Lipinski definition) is 6. The normalized spacial score (nSPS) is 13.2. The zero-order valence-corrected chi connectivity index (χ0v) is 14.9. The van der Waals surface area contributed by atoms with Crippen molar-refractivity contribution in [1.29, 1.82) is 0 Å². The van der Waals surface area contributed by atoms with E-state index < -0.39 is 35.6 Å². The minimum atomic E-state index is -4.65. The Morgan fingerprint density at radius 2 is 1.80 bits per heavy atom. The van der Waals surface area contributed by atoms with Crippen LogP contribution >= 0.6 is 0 Å². The lowest BCUT2D eigenvalue weighted by Crippen LogP contribution is -2.27. The first kappa shape index (κ1) is 21.2. The zero-order valence-electron chi connectivity index (χ0n) is 14.9. The predicted molar refractivity (Wildman–Crippen MR) is 87.7 cm³/mol. The summed E-state index contributed by atoms with van der Waals surface area (Å²) in [7, 11) is 0. The summed E-state index contributed by atoms with van der Waals surface area (Å²) < 4.78 is 80.9. The number of carbonyl (C=O) groups is 1. The van der Waals surface area contributed by atoms with Gasteiger partial charge in [0.2, 0.25) is 11.7 Å². The first-order valence-electron chi connectivity index (χ1n) is 8.16. The summed E-state index contributed by atoms with van der Waals surface area (Å²) in [4.78, 5) is 22.8. The molecule has 3 aromatic heterocycles. The number of halogens is 6. The Labute approximate surface area is 164 Å². The standard InChI is InChI=1S/C17H11F6N5O2/c1-8(26-14(29)11-3-2-10(7-25-11)16(18,19)20)15-27-13(28-30-15)9-4-5-24-12(6-9)17(21,22)23/h2-8H,1H3,(H,26,29). The maximum absolute atomic E-state index is 12.8. The molecule has 3 aromatic rings. The van der Waals surface area contributed by atoms with Crippen molar-refractivity contribution in [3.8, 4) is 11.4 Å². The summed E-state index contributed by atoms with van der Waals surface area (Å²) >= 11 is 0. The van der Waals surface area contributed by atoms with Gasteiger partial charge in [-0.1, -0.05) is 5.16 Å². The Hall–Kier alpha value is -3.51. The van der Waals surface area contributed by atoms with Crippen LogP contribution in [0.2, 0.25) is 0 Å². The van der Waals surface area contributed by atoms with Crippen LogP contribution in [0.15, 0.2) is 41.2 Å². The number of nitrogens with one attached hydrogen (secondary N) is 1.